The van der Waals surface area contributed by atoms with Gasteiger partial charge in [0.05, 0.1) is 17.9 Å². The van der Waals surface area contributed by atoms with Crippen molar-refractivity contribution in [1.29, 1.82) is 0 Å². The van der Waals surface area contributed by atoms with Crippen LogP contribution in [0.5, 0.6) is 11.5 Å². The molecule has 7 rings (SSSR count). The van der Waals surface area contributed by atoms with Crippen molar-refractivity contribution in [1.82, 2.24) is 4.90 Å². The number of hydrogen-bond acceptors (Lipinski definition) is 5. The summed E-state index contributed by atoms with van der Waals surface area (Å²) in [5.41, 5.74) is 1.75. The van der Waals surface area contributed by atoms with Crippen molar-refractivity contribution in [2.75, 3.05) is 27.3 Å². The first-order chi connectivity index (χ1) is 14.9. The molecule has 0 N–H and O–H groups in total. The number of hydrogen-bond donors (Lipinski definition) is 0. The predicted octanol–water partition coefficient (Wildman–Crippen LogP) is 3.67. The number of methoxy groups -OCH3 is 1. The summed E-state index contributed by atoms with van der Waals surface area (Å²) in [5.74, 6) is 1.79. The normalized spacial score (nSPS) is 41.1. The summed E-state index contributed by atoms with van der Waals surface area (Å²) >= 11 is 0. The molecule has 6 aliphatic rings. The van der Waals surface area contributed by atoms with Gasteiger partial charge < -0.3 is 19.1 Å². The number of carbonyl (C=O) groups excluding carboxylic acids is 1. The Morgan fingerprint density at radius 3 is 2.90 bits per heavy atom. The molecule has 5 heteroatoms. The zero-order valence-corrected chi connectivity index (χ0v) is 19.1. The number of unbranched alkanes of at least 4 members (excludes halogenated alkanes) is 1. The molecule has 1 saturated heterocycles. The zero-order chi connectivity index (χ0) is 21.6. The predicted molar refractivity (Wildman–Crippen MR) is 118 cm³/mol. The van der Waals surface area contributed by atoms with Crippen LogP contribution >= 0.6 is 0 Å². The number of likely N-dealkylation sites (N-methyl/N-ethyl adjacent to an activating group) is 1. The Labute approximate surface area is 184 Å². The van der Waals surface area contributed by atoms with E-state index in [1.807, 2.05) is 0 Å². The molecule has 2 aliphatic heterocycles. The van der Waals surface area contributed by atoms with Crippen LogP contribution in [0.4, 0.5) is 0 Å². The maximum atomic E-state index is 12.9. The average Bonchev–Trinajstić information content (AvgIpc) is 3.14. The highest BCUT2D eigenvalue weighted by Gasteiger charge is 2.79. The number of carbonyl (C=O) groups is 1. The van der Waals surface area contributed by atoms with Gasteiger partial charge in [0.25, 0.3) is 0 Å². The van der Waals surface area contributed by atoms with Crippen LogP contribution in [0.15, 0.2) is 24.3 Å². The van der Waals surface area contributed by atoms with E-state index in [9.17, 15) is 4.79 Å². The van der Waals surface area contributed by atoms with Crippen LogP contribution in [-0.4, -0.2) is 55.7 Å². The van der Waals surface area contributed by atoms with Crippen molar-refractivity contribution in [2.24, 2.45) is 11.3 Å². The molecular formula is C26H33NO4. The fraction of sp³-hybridized carbons (Fsp3) is 0.654. The minimum absolute atomic E-state index is 0.110. The lowest BCUT2D eigenvalue weighted by molar-refractivity contribution is -0.212. The Bertz CT molecular complexity index is 988. The molecule has 4 bridgehead atoms. The van der Waals surface area contributed by atoms with Crippen molar-refractivity contribution in [3.8, 4) is 11.5 Å². The molecule has 6 atom stereocenters. The minimum atomic E-state index is -0.720. The number of ketones is 1. The van der Waals surface area contributed by atoms with Gasteiger partial charge in [0.1, 0.15) is 17.5 Å². The van der Waals surface area contributed by atoms with Crippen molar-refractivity contribution >= 4 is 5.78 Å². The van der Waals surface area contributed by atoms with Gasteiger partial charge in [-0.25, -0.2) is 0 Å². The van der Waals surface area contributed by atoms with Crippen LogP contribution < -0.4 is 9.47 Å². The number of rotatable bonds is 6. The number of piperidine rings is 1. The van der Waals surface area contributed by atoms with Crippen molar-refractivity contribution < 1.29 is 19.0 Å². The Hall–Kier alpha value is -1.85. The number of fused-ring (bicyclic) bond motifs is 1. The van der Waals surface area contributed by atoms with E-state index < -0.39 is 5.60 Å². The van der Waals surface area contributed by atoms with Crippen LogP contribution in [-0.2, 0) is 21.4 Å². The van der Waals surface area contributed by atoms with Gasteiger partial charge in [-0.3, -0.25) is 4.79 Å². The Morgan fingerprint density at radius 2 is 2.16 bits per heavy atom. The third kappa shape index (κ3) is 2.08. The monoisotopic (exact) mass is 423 g/mol. The topological polar surface area (TPSA) is 48.0 Å². The van der Waals surface area contributed by atoms with Crippen LogP contribution in [0.1, 0.15) is 50.7 Å². The second-order valence-corrected chi connectivity index (χ2v) is 10.3. The first-order valence-corrected chi connectivity index (χ1v) is 11.9. The van der Waals surface area contributed by atoms with Crippen molar-refractivity contribution in [3.63, 3.8) is 0 Å². The van der Waals surface area contributed by atoms with E-state index in [0.717, 1.165) is 50.1 Å². The third-order valence-corrected chi connectivity index (χ3v) is 9.30. The minimum Gasteiger partial charge on any atom is -0.490 e. The van der Waals surface area contributed by atoms with Gasteiger partial charge in [-0.05, 0) is 57.8 Å². The highest BCUT2D eigenvalue weighted by atomic mass is 16.6. The molecule has 0 radical (unpaired) electrons. The van der Waals surface area contributed by atoms with Crippen molar-refractivity contribution in [2.45, 2.75) is 69.1 Å². The van der Waals surface area contributed by atoms with Gasteiger partial charge in [-0.15, -0.1) is 0 Å². The molecule has 0 unspecified atom stereocenters. The third-order valence-electron chi connectivity index (χ3n) is 9.30. The van der Waals surface area contributed by atoms with E-state index in [2.05, 4.69) is 43.2 Å². The number of nitrogens with zero attached hydrogens (tertiary/aromatic N) is 1. The van der Waals surface area contributed by atoms with E-state index in [0.29, 0.717) is 12.6 Å². The standard InChI is InChI=1S/C26H33NO4/c1-5-6-13-30-19-8-7-17-14-20-24-9-10-26(29-4,18(15-24)16(2)28)23-25(24,11-12-27(20)3)21(17)22(19)31-23/h7-10,18,20,23H,5-6,11-15H2,1-4H3/t18-,20+,23+,24+,25-,26+/m0/s1. The van der Waals surface area contributed by atoms with E-state index in [-0.39, 0.29) is 28.6 Å². The fourth-order valence-corrected chi connectivity index (χ4v) is 7.95. The summed E-state index contributed by atoms with van der Waals surface area (Å²) in [6.45, 7) is 5.63. The molecular weight excluding hydrogens is 390 g/mol. The Kier molecular flexibility index (Phi) is 4.06. The molecule has 2 spiro atoms. The van der Waals surface area contributed by atoms with Crippen molar-refractivity contribution in [3.05, 3.63) is 35.4 Å². The second-order valence-electron chi connectivity index (χ2n) is 10.3. The van der Waals surface area contributed by atoms with Gasteiger partial charge in [0.15, 0.2) is 11.5 Å². The summed E-state index contributed by atoms with van der Waals surface area (Å²) in [6, 6.07) is 4.73. The highest BCUT2D eigenvalue weighted by Crippen LogP contribution is 2.74. The van der Waals surface area contributed by atoms with Crippen LogP contribution in [0.25, 0.3) is 0 Å². The summed E-state index contributed by atoms with van der Waals surface area (Å²) in [4.78, 5) is 15.4. The van der Waals surface area contributed by atoms with E-state index >= 15 is 0 Å². The van der Waals surface area contributed by atoms with Crippen LogP contribution in [0, 0.1) is 11.3 Å². The molecule has 0 amide bonds. The maximum absolute atomic E-state index is 12.9. The zero-order valence-electron chi connectivity index (χ0n) is 19.1. The lowest BCUT2D eigenvalue weighted by atomic mass is 9.37. The average molecular weight is 424 g/mol. The van der Waals surface area contributed by atoms with E-state index in [4.69, 9.17) is 14.2 Å². The van der Waals surface area contributed by atoms with Crippen LogP contribution in [0.3, 0.4) is 0 Å². The molecule has 1 aromatic rings. The number of ether oxygens (including phenoxy) is 3. The van der Waals surface area contributed by atoms with Gasteiger partial charge in [0, 0.05) is 24.1 Å². The van der Waals surface area contributed by atoms with Gasteiger partial charge >= 0.3 is 0 Å². The van der Waals surface area contributed by atoms with Gasteiger partial charge in [0.2, 0.25) is 0 Å². The lowest BCUT2D eigenvalue weighted by Gasteiger charge is -2.70. The van der Waals surface area contributed by atoms with Gasteiger partial charge in [-0.2, -0.15) is 0 Å². The molecule has 31 heavy (non-hydrogen) atoms. The summed E-state index contributed by atoms with van der Waals surface area (Å²) < 4.78 is 19.4. The molecule has 1 saturated carbocycles. The summed E-state index contributed by atoms with van der Waals surface area (Å²) in [5, 5.41) is 0. The fourth-order valence-electron chi connectivity index (χ4n) is 7.95. The number of likely N-dealkylation sites (tertiary alicyclic amines) is 1. The number of benzene rings is 1. The second kappa shape index (κ2) is 6.35. The SMILES string of the molecule is CCCCOc1ccc2c3c1O[C@H]1[C@@]4(OC)C=C[C@@]5(C[C@H]4C(C)=O)[C@@H](C2)N(C)CC[C@]315. The van der Waals surface area contributed by atoms with Crippen LogP contribution in [0.2, 0.25) is 0 Å². The Balaban J connectivity index is 1.60. The molecule has 2 heterocycles. The largest absolute Gasteiger partial charge is 0.490 e. The Morgan fingerprint density at radius 1 is 1.32 bits per heavy atom. The maximum Gasteiger partial charge on any atom is 0.166 e. The molecule has 4 aliphatic carbocycles. The summed E-state index contributed by atoms with van der Waals surface area (Å²) in [7, 11) is 3.99. The first-order valence-electron chi connectivity index (χ1n) is 11.9. The highest BCUT2D eigenvalue weighted by molar-refractivity contribution is 5.82. The molecule has 2 fully saturated rings. The molecule has 166 valence electrons. The van der Waals surface area contributed by atoms with E-state index in [1.165, 1.54) is 11.1 Å². The lowest BCUT2D eigenvalue weighted by Crippen LogP contribution is -2.79. The first kappa shape index (κ1) is 19.8. The molecule has 0 aromatic heterocycles. The number of Topliss-reactive ketones (excluding diaryl/α,β-unsaturated/α-hetero) is 1. The molecule has 5 nitrogen and oxygen atoms in total. The van der Waals surface area contributed by atoms with Gasteiger partial charge in [-0.1, -0.05) is 31.6 Å². The molecule has 1 aromatic carbocycles. The quantitative estimate of drug-likeness (QED) is 0.516. The smallest absolute Gasteiger partial charge is 0.166 e. The van der Waals surface area contributed by atoms with E-state index in [1.54, 1.807) is 14.0 Å². The summed E-state index contributed by atoms with van der Waals surface area (Å²) in [6.07, 6.45) is 9.37.